The van der Waals surface area contributed by atoms with Gasteiger partial charge in [-0.3, -0.25) is 4.68 Å². The van der Waals surface area contributed by atoms with Gasteiger partial charge >= 0.3 is 0 Å². The Kier molecular flexibility index (Phi) is 5.03. The summed E-state index contributed by atoms with van der Waals surface area (Å²) in [4.78, 5) is 0.817. The lowest BCUT2D eigenvalue weighted by Gasteiger charge is -2.07. The molecule has 0 saturated heterocycles. The van der Waals surface area contributed by atoms with Gasteiger partial charge in [0.2, 0.25) is 0 Å². The third-order valence-electron chi connectivity index (χ3n) is 2.59. The van der Waals surface area contributed by atoms with E-state index in [1.165, 1.54) is 29.3 Å². The summed E-state index contributed by atoms with van der Waals surface area (Å²) in [6.45, 7) is 0.391. The van der Waals surface area contributed by atoms with Crippen molar-refractivity contribution < 1.29 is 8.42 Å². The summed E-state index contributed by atoms with van der Waals surface area (Å²) in [5.41, 5.74) is 6.10. The molecule has 0 radical (unpaired) electrons. The van der Waals surface area contributed by atoms with Crippen LogP contribution in [-0.4, -0.2) is 24.7 Å². The van der Waals surface area contributed by atoms with E-state index in [-0.39, 0.29) is 23.1 Å². The van der Waals surface area contributed by atoms with E-state index < -0.39 is 10.0 Å². The summed E-state index contributed by atoms with van der Waals surface area (Å²) in [7, 11) is -2.22. The van der Waals surface area contributed by atoms with Crippen LogP contribution in [0, 0.1) is 11.8 Å². The average molecular weight is 345 g/mol. The molecule has 2 heterocycles. The van der Waals surface area contributed by atoms with Gasteiger partial charge in [0.05, 0.1) is 17.8 Å². The normalized spacial score (nSPS) is 11.2. The van der Waals surface area contributed by atoms with Gasteiger partial charge in [0.1, 0.15) is 0 Å². The van der Waals surface area contributed by atoms with E-state index in [4.69, 9.17) is 17.3 Å². The molecule has 9 heteroatoms. The summed E-state index contributed by atoms with van der Waals surface area (Å²) in [5.74, 6) is 5.65. The largest absolute Gasteiger partial charge is 0.320 e. The van der Waals surface area contributed by atoms with Crippen molar-refractivity contribution in [2.24, 2.45) is 12.8 Å². The number of halogens is 1. The molecule has 3 N–H and O–H groups in total. The Labute approximate surface area is 132 Å². The molecule has 0 spiro atoms. The lowest BCUT2D eigenvalue weighted by atomic mass is 10.2. The molecular weight excluding hydrogens is 332 g/mol. The second-order valence-corrected chi connectivity index (χ2v) is 7.10. The Morgan fingerprint density at radius 2 is 2.33 bits per heavy atom. The number of nitrogens with zero attached hydrogens (tertiary/aromatic N) is 2. The van der Waals surface area contributed by atoms with E-state index in [1.54, 1.807) is 0 Å². The summed E-state index contributed by atoms with van der Waals surface area (Å²) >= 11 is 7.27. The van der Waals surface area contributed by atoms with E-state index in [0.29, 0.717) is 0 Å². The van der Waals surface area contributed by atoms with Gasteiger partial charge in [0.15, 0.2) is 5.03 Å². The first kappa shape index (κ1) is 16.0. The molecule has 2 aromatic heterocycles. The molecule has 0 atom stereocenters. The summed E-state index contributed by atoms with van der Waals surface area (Å²) in [6.07, 6.45) is 1.29. The molecule has 0 aliphatic carbocycles. The smallest absolute Gasteiger partial charge is 0.259 e. The fraction of sp³-hybridized carbons (Fsp3) is 0.250. The first-order chi connectivity index (χ1) is 9.95. The number of nitrogens with two attached hydrogens (primary N) is 1. The first-order valence-corrected chi connectivity index (χ1v) is 8.62. The van der Waals surface area contributed by atoms with Gasteiger partial charge < -0.3 is 5.73 Å². The molecule has 112 valence electrons. The quantitative estimate of drug-likeness (QED) is 0.807. The number of thiophene rings is 1. The van der Waals surface area contributed by atoms with E-state index in [9.17, 15) is 8.42 Å². The van der Waals surface area contributed by atoms with Crippen molar-refractivity contribution in [3.63, 3.8) is 0 Å². The van der Waals surface area contributed by atoms with Crippen molar-refractivity contribution in [1.82, 2.24) is 14.5 Å². The van der Waals surface area contributed by atoms with Crippen LogP contribution in [0.15, 0.2) is 22.7 Å². The topological polar surface area (TPSA) is 90.0 Å². The van der Waals surface area contributed by atoms with Crippen molar-refractivity contribution in [3.05, 3.63) is 33.1 Å². The van der Waals surface area contributed by atoms with Crippen molar-refractivity contribution in [1.29, 1.82) is 0 Å². The monoisotopic (exact) mass is 344 g/mol. The Hall–Kier alpha value is -1.37. The fourth-order valence-electron chi connectivity index (χ4n) is 1.67. The highest BCUT2D eigenvalue weighted by atomic mass is 35.5. The summed E-state index contributed by atoms with van der Waals surface area (Å²) in [5, 5.41) is 5.69. The summed E-state index contributed by atoms with van der Waals surface area (Å²) in [6, 6.07) is 1.83. The van der Waals surface area contributed by atoms with Crippen LogP contribution in [-0.2, 0) is 23.6 Å². The number of hydrogen-bond acceptors (Lipinski definition) is 5. The van der Waals surface area contributed by atoms with Gasteiger partial charge in [0, 0.05) is 24.0 Å². The molecule has 21 heavy (non-hydrogen) atoms. The minimum atomic E-state index is -3.74. The number of rotatable bonds is 4. The second-order valence-electron chi connectivity index (χ2n) is 4.01. The van der Waals surface area contributed by atoms with Crippen LogP contribution in [0.4, 0.5) is 0 Å². The lowest BCUT2D eigenvalue weighted by molar-refractivity contribution is 0.563. The van der Waals surface area contributed by atoms with Crippen LogP contribution >= 0.6 is 22.9 Å². The average Bonchev–Trinajstić information content (AvgIpc) is 3.01. The molecule has 0 amide bonds. The number of aryl methyl sites for hydroxylation is 1. The molecule has 0 fully saturated rings. The third kappa shape index (κ3) is 3.64. The minimum absolute atomic E-state index is 0.0599. The molecule has 6 nitrogen and oxygen atoms in total. The van der Waals surface area contributed by atoms with Gasteiger partial charge in [0.25, 0.3) is 10.0 Å². The van der Waals surface area contributed by atoms with Crippen molar-refractivity contribution in [3.8, 4) is 11.8 Å². The van der Waals surface area contributed by atoms with Gasteiger partial charge in [-0.15, -0.1) is 11.3 Å². The highest BCUT2D eigenvalue weighted by molar-refractivity contribution is 7.89. The van der Waals surface area contributed by atoms with Crippen molar-refractivity contribution in [2.75, 3.05) is 6.54 Å². The standard InChI is InChI=1S/C12H13ClN4O2S2/c1-17-12(10(13)7-15-17)21(18,19)16-8-11-9(3-2-5-14)4-6-20-11/h4,6-7,16H,5,8,14H2,1H3. The Bertz CT molecular complexity index is 779. The summed E-state index contributed by atoms with van der Waals surface area (Å²) < 4.78 is 28.2. The van der Waals surface area contributed by atoms with E-state index in [1.807, 2.05) is 11.4 Å². The van der Waals surface area contributed by atoms with Gasteiger partial charge in [-0.1, -0.05) is 23.4 Å². The third-order valence-corrected chi connectivity index (χ3v) is 5.42. The molecule has 0 aromatic carbocycles. The predicted octanol–water partition coefficient (Wildman–Crippen LogP) is 0.924. The SMILES string of the molecule is Cn1ncc(Cl)c1S(=O)(=O)NCc1sccc1C#CCN. The zero-order valence-electron chi connectivity index (χ0n) is 11.1. The Morgan fingerprint density at radius 1 is 1.57 bits per heavy atom. The zero-order chi connectivity index (χ0) is 15.5. The Morgan fingerprint density at radius 3 is 2.95 bits per heavy atom. The van der Waals surface area contributed by atoms with Crippen LogP contribution in [0.2, 0.25) is 5.02 Å². The highest BCUT2D eigenvalue weighted by Crippen LogP contribution is 2.21. The minimum Gasteiger partial charge on any atom is -0.320 e. The molecule has 0 saturated carbocycles. The Balaban J connectivity index is 2.19. The van der Waals surface area contributed by atoms with E-state index in [0.717, 1.165) is 10.4 Å². The lowest BCUT2D eigenvalue weighted by Crippen LogP contribution is -2.25. The van der Waals surface area contributed by atoms with Crippen LogP contribution in [0.5, 0.6) is 0 Å². The number of aromatic nitrogens is 2. The van der Waals surface area contributed by atoms with Gasteiger partial charge in [-0.25, -0.2) is 13.1 Å². The highest BCUT2D eigenvalue weighted by Gasteiger charge is 2.22. The van der Waals surface area contributed by atoms with E-state index in [2.05, 4.69) is 21.7 Å². The van der Waals surface area contributed by atoms with Crippen molar-refractivity contribution >= 4 is 33.0 Å². The number of hydrogen-bond donors (Lipinski definition) is 2. The maximum Gasteiger partial charge on any atom is 0.259 e. The van der Waals surface area contributed by atoms with Crippen LogP contribution in [0.1, 0.15) is 10.4 Å². The van der Waals surface area contributed by atoms with Crippen LogP contribution in [0.25, 0.3) is 0 Å². The van der Waals surface area contributed by atoms with Crippen LogP contribution < -0.4 is 10.5 Å². The predicted molar refractivity (Wildman–Crippen MR) is 82.5 cm³/mol. The number of sulfonamides is 1. The van der Waals surface area contributed by atoms with Crippen molar-refractivity contribution in [2.45, 2.75) is 11.6 Å². The molecule has 0 bridgehead atoms. The van der Waals surface area contributed by atoms with Gasteiger partial charge in [-0.05, 0) is 11.4 Å². The first-order valence-electron chi connectivity index (χ1n) is 5.88. The molecule has 2 aromatic rings. The molecule has 0 aliphatic heterocycles. The number of nitrogens with one attached hydrogen (secondary N) is 1. The maximum absolute atomic E-state index is 12.2. The zero-order valence-corrected chi connectivity index (χ0v) is 13.5. The molecule has 0 aliphatic rings. The van der Waals surface area contributed by atoms with Gasteiger partial charge in [-0.2, -0.15) is 5.10 Å². The molecule has 0 unspecified atom stereocenters. The fourth-order valence-corrected chi connectivity index (χ4v) is 4.17. The second kappa shape index (κ2) is 6.60. The van der Waals surface area contributed by atoms with Crippen LogP contribution in [0.3, 0.4) is 0 Å². The molecule has 2 rings (SSSR count). The maximum atomic E-state index is 12.2. The molecular formula is C12H13ClN4O2S2. The van der Waals surface area contributed by atoms with E-state index >= 15 is 0 Å².